The minimum atomic E-state index is -0.404. The molecule has 1 heterocycles. The van der Waals surface area contributed by atoms with E-state index in [2.05, 4.69) is 21.0 Å². The first-order valence-corrected chi connectivity index (χ1v) is 7.03. The molecule has 0 saturated carbocycles. The fourth-order valence-electron chi connectivity index (χ4n) is 1.97. The van der Waals surface area contributed by atoms with Crippen molar-refractivity contribution >= 4 is 27.6 Å². The van der Waals surface area contributed by atoms with E-state index < -0.39 is 5.97 Å². The van der Waals surface area contributed by atoms with Crippen molar-refractivity contribution in [2.24, 2.45) is 0 Å². The molecular weight excluding hydrogens is 322 g/mol. The van der Waals surface area contributed by atoms with Crippen molar-refractivity contribution < 1.29 is 9.53 Å². The van der Waals surface area contributed by atoms with Crippen LogP contribution in [0.3, 0.4) is 0 Å². The zero-order valence-corrected chi connectivity index (χ0v) is 13.2. The number of carbonyl (C=O) groups is 1. The lowest BCUT2D eigenvalue weighted by Gasteiger charge is -2.11. The largest absolute Gasteiger partial charge is 0.462 e. The number of halogens is 1. The summed E-state index contributed by atoms with van der Waals surface area (Å²) < 4.78 is 7.71. The highest BCUT2D eigenvalue weighted by Crippen LogP contribution is 2.26. The number of aryl methyl sites for hydroxylation is 1. The molecule has 0 amide bonds. The molecule has 5 nitrogen and oxygen atoms in total. The number of carbonyl (C=O) groups excluding carboxylic acids is 1. The van der Waals surface area contributed by atoms with E-state index in [0.717, 1.165) is 15.9 Å². The highest BCUT2D eigenvalue weighted by molar-refractivity contribution is 9.10. The van der Waals surface area contributed by atoms with Gasteiger partial charge >= 0.3 is 5.97 Å². The molecule has 0 radical (unpaired) electrons. The number of aromatic nitrogens is 2. The third-order valence-corrected chi connectivity index (χ3v) is 4.09. The molecule has 0 unspecified atom stereocenters. The zero-order chi connectivity index (χ0) is 14.9. The van der Waals surface area contributed by atoms with Crippen LogP contribution in [0.1, 0.15) is 28.7 Å². The first-order chi connectivity index (χ1) is 9.45. The molecule has 106 valence electrons. The number of rotatable bonds is 3. The number of esters is 1. The fourth-order valence-corrected chi connectivity index (χ4v) is 2.22. The number of nitrogens with zero attached hydrogens (tertiary/aromatic N) is 2. The van der Waals surface area contributed by atoms with Gasteiger partial charge in [-0.05, 0) is 54.9 Å². The van der Waals surface area contributed by atoms with Gasteiger partial charge in [0.05, 0.1) is 33.7 Å². The van der Waals surface area contributed by atoms with Crippen LogP contribution in [0.4, 0.5) is 5.69 Å². The van der Waals surface area contributed by atoms with E-state index in [4.69, 9.17) is 10.5 Å². The standard InChI is InChI=1S/C14H16BrN3O2/c1-4-20-14(19)11-7-10(16)5-6-12(11)18-9(3)13(15)8(2)17-18/h5-7H,4,16H2,1-3H3. The monoisotopic (exact) mass is 337 g/mol. The predicted molar refractivity (Wildman–Crippen MR) is 81.1 cm³/mol. The molecule has 0 fully saturated rings. The molecule has 6 heteroatoms. The second kappa shape index (κ2) is 5.66. The highest BCUT2D eigenvalue weighted by Gasteiger charge is 2.18. The van der Waals surface area contributed by atoms with Gasteiger partial charge in [0, 0.05) is 5.69 Å². The van der Waals surface area contributed by atoms with Gasteiger partial charge in [0.15, 0.2) is 0 Å². The maximum absolute atomic E-state index is 12.1. The predicted octanol–water partition coefficient (Wildman–Crippen LogP) is 3.01. The van der Waals surface area contributed by atoms with Gasteiger partial charge in [-0.25, -0.2) is 9.48 Å². The van der Waals surface area contributed by atoms with E-state index in [0.29, 0.717) is 23.5 Å². The minimum Gasteiger partial charge on any atom is -0.462 e. The van der Waals surface area contributed by atoms with Gasteiger partial charge in [-0.3, -0.25) is 0 Å². The van der Waals surface area contributed by atoms with Crippen LogP contribution in [0.2, 0.25) is 0 Å². The van der Waals surface area contributed by atoms with Crippen LogP contribution < -0.4 is 5.73 Å². The highest BCUT2D eigenvalue weighted by atomic mass is 79.9. The molecule has 0 atom stereocenters. The zero-order valence-electron chi connectivity index (χ0n) is 11.6. The number of nitrogens with two attached hydrogens (primary N) is 1. The number of anilines is 1. The van der Waals surface area contributed by atoms with Crippen LogP contribution in [-0.2, 0) is 4.74 Å². The van der Waals surface area contributed by atoms with Crippen LogP contribution in [0, 0.1) is 13.8 Å². The Kier molecular flexibility index (Phi) is 4.13. The van der Waals surface area contributed by atoms with E-state index in [1.54, 1.807) is 29.8 Å². The molecule has 0 aliphatic carbocycles. The fraction of sp³-hybridized carbons (Fsp3) is 0.286. The van der Waals surface area contributed by atoms with Crippen LogP contribution in [0.25, 0.3) is 5.69 Å². The molecule has 0 aliphatic heterocycles. The van der Waals surface area contributed by atoms with Gasteiger partial charge in [-0.15, -0.1) is 0 Å². The molecule has 2 N–H and O–H groups in total. The van der Waals surface area contributed by atoms with E-state index in [9.17, 15) is 4.79 Å². The third kappa shape index (κ3) is 2.56. The van der Waals surface area contributed by atoms with Crippen LogP contribution in [0.5, 0.6) is 0 Å². The van der Waals surface area contributed by atoms with Gasteiger partial charge in [-0.1, -0.05) is 0 Å². The lowest BCUT2D eigenvalue weighted by Crippen LogP contribution is -2.12. The van der Waals surface area contributed by atoms with Gasteiger partial charge in [0.2, 0.25) is 0 Å². The SMILES string of the molecule is CCOC(=O)c1cc(N)ccc1-n1nc(C)c(Br)c1C. The van der Waals surface area contributed by atoms with Crippen molar-refractivity contribution in [2.75, 3.05) is 12.3 Å². The van der Waals surface area contributed by atoms with Crippen LogP contribution >= 0.6 is 15.9 Å². The Morgan fingerprint density at radius 1 is 1.45 bits per heavy atom. The molecule has 0 bridgehead atoms. The Labute approximate surface area is 125 Å². The Morgan fingerprint density at radius 2 is 2.15 bits per heavy atom. The number of benzene rings is 1. The second-order valence-corrected chi connectivity index (χ2v) is 5.19. The molecule has 0 spiro atoms. The maximum atomic E-state index is 12.1. The number of hydrogen-bond acceptors (Lipinski definition) is 4. The Hall–Kier alpha value is -1.82. The van der Waals surface area contributed by atoms with Crippen molar-refractivity contribution in [2.45, 2.75) is 20.8 Å². The second-order valence-electron chi connectivity index (χ2n) is 4.39. The van der Waals surface area contributed by atoms with E-state index in [1.165, 1.54) is 0 Å². The van der Waals surface area contributed by atoms with Crippen LogP contribution in [-0.4, -0.2) is 22.4 Å². The summed E-state index contributed by atoms with van der Waals surface area (Å²) in [5.41, 5.74) is 9.11. The smallest absolute Gasteiger partial charge is 0.340 e. The number of hydrogen-bond donors (Lipinski definition) is 1. The van der Waals surface area contributed by atoms with E-state index >= 15 is 0 Å². The molecule has 2 rings (SSSR count). The summed E-state index contributed by atoms with van der Waals surface area (Å²) in [6.07, 6.45) is 0. The number of nitrogen functional groups attached to an aromatic ring is 1. The normalized spacial score (nSPS) is 10.6. The summed E-state index contributed by atoms with van der Waals surface area (Å²) in [6, 6.07) is 5.12. The first-order valence-electron chi connectivity index (χ1n) is 6.24. The maximum Gasteiger partial charge on any atom is 0.340 e. The van der Waals surface area contributed by atoms with Gasteiger partial charge < -0.3 is 10.5 Å². The average Bonchev–Trinajstić information content (AvgIpc) is 2.67. The quantitative estimate of drug-likeness (QED) is 0.690. The van der Waals surface area contributed by atoms with Crippen LogP contribution in [0.15, 0.2) is 22.7 Å². The molecular formula is C14H16BrN3O2. The summed E-state index contributed by atoms with van der Waals surface area (Å²) in [4.78, 5) is 12.1. The van der Waals surface area contributed by atoms with E-state index in [-0.39, 0.29) is 0 Å². The summed E-state index contributed by atoms with van der Waals surface area (Å²) in [7, 11) is 0. The molecule has 1 aromatic carbocycles. The summed E-state index contributed by atoms with van der Waals surface area (Å²) >= 11 is 3.48. The first kappa shape index (κ1) is 14.6. The summed E-state index contributed by atoms with van der Waals surface area (Å²) in [6.45, 7) is 5.90. The van der Waals surface area contributed by atoms with Gasteiger partial charge in [0.1, 0.15) is 0 Å². The molecule has 0 saturated heterocycles. The Balaban J connectivity index is 2.61. The van der Waals surface area contributed by atoms with Gasteiger partial charge in [0.25, 0.3) is 0 Å². The minimum absolute atomic E-state index is 0.313. The Bertz CT molecular complexity index is 665. The van der Waals surface area contributed by atoms with Crippen molar-refractivity contribution in [3.05, 3.63) is 39.6 Å². The molecule has 1 aromatic heterocycles. The van der Waals surface area contributed by atoms with Crippen molar-refractivity contribution in [1.82, 2.24) is 9.78 Å². The Morgan fingerprint density at radius 3 is 2.70 bits per heavy atom. The lowest BCUT2D eigenvalue weighted by atomic mass is 10.1. The van der Waals surface area contributed by atoms with Gasteiger partial charge in [-0.2, -0.15) is 5.10 Å². The van der Waals surface area contributed by atoms with Crippen molar-refractivity contribution in [1.29, 1.82) is 0 Å². The topological polar surface area (TPSA) is 70.1 Å². The van der Waals surface area contributed by atoms with Crippen molar-refractivity contribution in [3.8, 4) is 5.69 Å². The average molecular weight is 338 g/mol. The third-order valence-electron chi connectivity index (χ3n) is 2.95. The molecule has 0 aliphatic rings. The summed E-state index contributed by atoms with van der Waals surface area (Å²) in [5.74, 6) is -0.404. The molecule has 20 heavy (non-hydrogen) atoms. The lowest BCUT2D eigenvalue weighted by molar-refractivity contribution is 0.0526. The molecule has 2 aromatic rings. The van der Waals surface area contributed by atoms with E-state index in [1.807, 2.05) is 13.8 Å². The number of ether oxygens (including phenoxy) is 1. The summed E-state index contributed by atoms with van der Waals surface area (Å²) in [5, 5.41) is 4.43. The van der Waals surface area contributed by atoms with Crippen molar-refractivity contribution in [3.63, 3.8) is 0 Å².